The van der Waals surface area contributed by atoms with E-state index in [4.69, 9.17) is 0 Å². The quantitative estimate of drug-likeness (QED) is 0.798. The number of hydrogen-bond donors (Lipinski definition) is 1. The molecular weight excluding hydrogens is 200 g/mol. The van der Waals surface area contributed by atoms with Gasteiger partial charge in [-0.25, -0.2) is 0 Å². The summed E-state index contributed by atoms with van der Waals surface area (Å²) >= 11 is 0. The first-order valence-electron chi connectivity index (χ1n) is 6.42. The fraction of sp³-hybridized carbons (Fsp3) is 0.923. The third-order valence-electron chi connectivity index (χ3n) is 3.65. The highest BCUT2D eigenvalue weighted by Crippen LogP contribution is 2.27. The van der Waals surface area contributed by atoms with Crippen LogP contribution in [0.3, 0.4) is 0 Å². The number of nitrogens with zero attached hydrogens (tertiary/aromatic N) is 1. The summed E-state index contributed by atoms with van der Waals surface area (Å²) in [6.45, 7) is 12.7. The van der Waals surface area contributed by atoms with E-state index in [-0.39, 0.29) is 17.6 Å². The standard InChI is InChI=1S/C13H26N2O/c1-7-13(6)12(16)15(11(5)14-13)10(4)8-9(2)3/h9-11,14H,7-8H2,1-6H3. The van der Waals surface area contributed by atoms with Gasteiger partial charge in [0.15, 0.2) is 0 Å². The second kappa shape index (κ2) is 4.74. The van der Waals surface area contributed by atoms with Crippen LogP contribution in [0.5, 0.6) is 0 Å². The van der Waals surface area contributed by atoms with Crippen molar-refractivity contribution in [1.29, 1.82) is 0 Å². The first kappa shape index (κ1) is 13.5. The van der Waals surface area contributed by atoms with Crippen molar-refractivity contribution in [2.45, 2.75) is 72.1 Å². The second-order valence-corrected chi connectivity index (χ2v) is 5.70. The third kappa shape index (κ3) is 2.40. The molecule has 0 radical (unpaired) electrons. The van der Waals surface area contributed by atoms with Gasteiger partial charge in [-0.2, -0.15) is 0 Å². The molecule has 94 valence electrons. The van der Waals surface area contributed by atoms with Crippen LogP contribution in [0.4, 0.5) is 0 Å². The predicted molar refractivity (Wildman–Crippen MR) is 67.1 cm³/mol. The molecule has 1 fully saturated rings. The summed E-state index contributed by atoms with van der Waals surface area (Å²) in [4.78, 5) is 14.4. The van der Waals surface area contributed by atoms with E-state index in [0.29, 0.717) is 12.0 Å². The van der Waals surface area contributed by atoms with Crippen molar-refractivity contribution in [3.63, 3.8) is 0 Å². The average molecular weight is 226 g/mol. The van der Waals surface area contributed by atoms with Crippen LogP contribution in [0.25, 0.3) is 0 Å². The van der Waals surface area contributed by atoms with E-state index in [1.807, 2.05) is 11.8 Å². The Morgan fingerprint density at radius 3 is 2.38 bits per heavy atom. The normalized spacial score (nSPS) is 32.6. The average Bonchev–Trinajstić information content (AvgIpc) is 2.37. The van der Waals surface area contributed by atoms with Gasteiger partial charge in [0.1, 0.15) is 0 Å². The highest BCUT2D eigenvalue weighted by Gasteiger charge is 2.46. The molecule has 0 aromatic rings. The van der Waals surface area contributed by atoms with E-state index in [9.17, 15) is 4.79 Å². The van der Waals surface area contributed by atoms with Crippen molar-refractivity contribution in [2.75, 3.05) is 0 Å². The van der Waals surface area contributed by atoms with Gasteiger partial charge in [0.2, 0.25) is 5.91 Å². The van der Waals surface area contributed by atoms with Gasteiger partial charge in [0, 0.05) is 6.04 Å². The summed E-state index contributed by atoms with van der Waals surface area (Å²) < 4.78 is 0. The van der Waals surface area contributed by atoms with E-state index in [1.54, 1.807) is 0 Å². The molecule has 1 heterocycles. The highest BCUT2D eigenvalue weighted by atomic mass is 16.2. The molecule has 0 aromatic carbocycles. The molecule has 1 amide bonds. The largest absolute Gasteiger partial charge is 0.323 e. The lowest BCUT2D eigenvalue weighted by atomic mass is 9.98. The van der Waals surface area contributed by atoms with E-state index < -0.39 is 0 Å². The number of rotatable bonds is 4. The smallest absolute Gasteiger partial charge is 0.244 e. The van der Waals surface area contributed by atoms with Crippen LogP contribution in [0.1, 0.15) is 54.4 Å². The van der Waals surface area contributed by atoms with E-state index >= 15 is 0 Å². The Morgan fingerprint density at radius 1 is 1.44 bits per heavy atom. The van der Waals surface area contributed by atoms with E-state index in [2.05, 4.69) is 39.9 Å². The van der Waals surface area contributed by atoms with Crippen LogP contribution in [0.15, 0.2) is 0 Å². The molecule has 0 aliphatic carbocycles. The first-order valence-corrected chi connectivity index (χ1v) is 6.42. The Morgan fingerprint density at radius 2 is 2.00 bits per heavy atom. The Kier molecular flexibility index (Phi) is 4.00. The van der Waals surface area contributed by atoms with Gasteiger partial charge >= 0.3 is 0 Å². The number of nitrogens with one attached hydrogen (secondary N) is 1. The van der Waals surface area contributed by atoms with Crippen molar-refractivity contribution in [1.82, 2.24) is 10.2 Å². The van der Waals surface area contributed by atoms with Crippen LogP contribution in [0, 0.1) is 5.92 Å². The third-order valence-corrected chi connectivity index (χ3v) is 3.65. The topological polar surface area (TPSA) is 32.3 Å². The van der Waals surface area contributed by atoms with Crippen LogP contribution >= 0.6 is 0 Å². The lowest BCUT2D eigenvalue weighted by Gasteiger charge is -2.29. The summed E-state index contributed by atoms with van der Waals surface area (Å²) in [5.74, 6) is 0.888. The maximum absolute atomic E-state index is 12.4. The Labute approximate surface area is 99.6 Å². The molecule has 1 rings (SSSR count). The zero-order valence-corrected chi connectivity index (χ0v) is 11.5. The summed E-state index contributed by atoms with van der Waals surface area (Å²) in [6.07, 6.45) is 2.07. The molecule has 0 aromatic heterocycles. The van der Waals surface area contributed by atoms with Gasteiger partial charge in [-0.05, 0) is 39.5 Å². The van der Waals surface area contributed by atoms with Crippen LogP contribution in [0.2, 0.25) is 0 Å². The van der Waals surface area contributed by atoms with Gasteiger partial charge in [-0.1, -0.05) is 20.8 Å². The summed E-state index contributed by atoms with van der Waals surface area (Å²) in [5.41, 5.74) is -0.356. The molecule has 3 heteroatoms. The molecule has 1 aliphatic heterocycles. The van der Waals surface area contributed by atoms with Crippen molar-refractivity contribution >= 4 is 5.91 Å². The molecule has 1 saturated heterocycles. The Balaban J connectivity index is 2.78. The van der Waals surface area contributed by atoms with Crippen molar-refractivity contribution in [3.8, 4) is 0 Å². The van der Waals surface area contributed by atoms with Crippen LogP contribution < -0.4 is 5.32 Å². The molecule has 0 saturated carbocycles. The zero-order chi connectivity index (χ0) is 12.5. The lowest BCUT2D eigenvalue weighted by Crippen LogP contribution is -2.44. The summed E-state index contributed by atoms with van der Waals surface area (Å²) in [5, 5.41) is 3.41. The fourth-order valence-corrected chi connectivity index (χ4v) is 2.68. The Bertz CT molecular complexity index is 265. The number of carbonyl (C=O) groups excluding carboxylic acids is 1. The molecule has 3 nitrogen and oxygen atoms in total. The summed E-state index contributed by atoms with van der Waals surface area (Å²) in [6, 6.07) is 0.323. The van der Waals surface area contributed by atoms with Gasteiger partial charge in [-0.3, -0.25) is 10.1 Å². The second-order valence-electron chi connectivity index (χ2n) is 5.70. The molecule has 1 aliphatic rings. The molecule has 0 bridgehead atoms. The number of amides is 1. The van der Waals surface area contributed by atoms with Crippen molar-refractivity contribution < 1.29 is 4.79 Å². The number of hydrogen-bond acceptors (Lipinski definition) is 2. The van der Waals surface area contributed by atoms with Crippen molar-refractivity contribution in [3.05, 3.63) is 0 Å². The summed E-state index contributed by atoms with van der Waals surface area (Å²) in [7, 11) is 0. The predicted octanol–water partition coefficient (Wildman–Crippen LogP) is 2.37. The maximum Gasteiger partial charge on any atom is 0.244 e. The molecule has 1 N–H and O–H groups in total. The minimum absolute atomic E-state index is 0.159. The molecule has 16 heavy (non-hydrogen) atoms. The SMILES string of the molecule is CCC1(C)NC(C)N(C(C)CC(C)C)C1=O. The van der Waals surface area contributed by atoms with Gasteiger partial charge < -0.3 is 4.90 Å². The number of carbonyl (C=O) groups is 1. The first-order chi connectivity index (χ1) is 7.31. The monoisotopic (exact) mass is 226 g/mol. The molecular formula is C13H26N2O. The minimum Gasteiger partial charge on any atom is -0.323 e. The van der Waals surface area contributed by atoms with Crippen molar-refractivity contribution in [2.24, 2.45) is 5.92 Å². The maximum atomic E-state index is 12.4. The van der Waals surface area contributed by atoms with Gasteiger partial charge in [0.25, 0.3) is 0 Å². The molecule has 3 atom stereocenters. The fourth-order valence-electron chi connectivity index (χ4n) is 2.68. The van der Waals surface area contributed by atoms with E-state index in [0.717, 1.165) is 12.8 Å². The lowest BCUT2D eigenvalue weighted by molar-refractivity contribution is -0.134. The Hall–Kier alpha value is -0.570. The zero-order valence-electron chi connectivity index (χ0n) is 11.5. The molecule has 3 unspecified atom stereocenters. The van der Waals surface area contributed by atoms with E-state index in [1.165, 1.54) is 0 Å². The van der Waals surface area contributed by atoms with Crippen LogP contribution in [-0.4, -0.2) is 28.6 Å². The van der Waals surface area contributed by atoms with Gasteiger partial charge in [0.05, 0.1) is 11.7 Å². The minimum atomic E-state index is -0.356. The highest BCUT2D eigenvalue weighted by molar-refractivity contribution is 5.88. The van der Waals surface area contributed by atoms with Gasteiger partial charge in [-0.15, -0.1) is 0 Å². The molecule has 0 spiro atoms. The van der Waals surface area contributed by atoms with Crippen LogP contribution in [-0.2, 0) is 4.79 Å².